The Hall–Kier alpha value is -0.760. The summed E-state index contributed by atoms with van der Waals surface area (Å²) in [4.78, 5) is 6.82. The van der Waals surface area contributed by atoms with E-state index in [1.54, 1.807) is 6.26 Å². The summed E-state index contributed by atoms with van der Waals surface area (Å²) in [7, 11) is 2.09. The second-order valence-electron chi connectivity index (χ2n) is 5.00. The number of halogens is 1. The van der Waals surface area contributed by atoms with Crippen LogP contribution in [-0.2, 0) is 11.3 Å². The van der Waals surface area contributed by atoms with Crippen LogP contribution in [0.15, 0.2) is 27.8 Å². The molecule has 128 valence electrons. The lowest BCUT2D eigenvalue weighted by atomic mass is 10.3. The Morgan fingerprint density at radius 1 is 1.36 bits per heavy atom. The number of unbranched alkanes of at least 4 members (excludes halogenated alkanes) is 1. The van der Waals surface area contributed by atoms with Crippen LogP contribution >= 0.6 is 24.0 Å². The van der Waals surface area contributed by atoms with Crippen molar-refractivity contribution < 1.29 is 9.15 Å². The van der Waals surface area contributed by atoms with E-state index in [0.717, 1.165) is 37.8 Å². The highest BCUT2D eigenvalue weighted by Gasteiger charge is 2.04. The van der Waals surface area contributed by atoms with Gasteiger partial charge in [-0.25, -0.2) is 0 Å². The highest BCUT2D eigenvalue weighted by molar-refractivity contribution is 14.0. The monoisotopic (exact) mass is 423 g/mol. The molecule has 0 amide bonds. The second kappa shape index (κ2) is 13.9. The number of aliphatic imine (C=N–C) groups is 1. The third kappa shape index (κ3) is 9.30. The number of furan rings is 1. The van der Waals surface area contributed by atoms with Gasteiger partial charge in [0.05, 0.1) is 6.26 Å². The number of nitrogens with zero attached hydrogens (tertiary/aromatic N) is 2. The van der Waals surface area contributed by atoms with E-state index in [9.17, 15) is 0 Å². The molecule has 0 radical (unpaired) electrons. The lowest BCUT2D eigenvalue weighted by molar-refractivity contribution is 0.105. The van der Waals surface area contributed by atoms with Crippen molar-refractivity contribution in [1.29, 1.82) is 0 Å². The van der Waals surface area contributed by atoms with Gasteiger partial charge in [0.15, 0.2) is 5.96 Å². The van der Waals surface area contributed by atoms with E-state index in [0.29, 0.717) is 13.2 Å². The molecule has 0 aliphatic rings. The zero-order valence-electron chi connectivity index (χ0n) is 14.0. The van der Waals surface area contributed by atoms with Crippen LogP contribution in [0.1, 0.15) is 38.9 Å². The van der Waals surface area contributed by atoms with Crippen LogP contribution in [0.4, 0.5) is 0 Å². The van der Waals surface area contributed by atoms with Crippen molar-refractivity contribution in [1.82, 2.24) is 10.2 Å². The maximum Gasteiger partial charge on any atom is 0.193 e. The topological polar surface area (TPSA) is 50.0 Å². The van der Waals surface area contributed by atoms with Crippen LogP contribution in [0.2, 0.25) is 0 Å². The standard InChI is InChI=1S/C16H29N3O2.HI/c1-4-6-11-19(3)16(17-5-2)18-10-8-12-20-14-15-9-7-13-21-15;/h7,9,13H,4-6,8,10-12,14H2,1-3H3,(H,17,18);1H. The highest BCUT2D eigenvalue weighted by Crippen LogP contribution is 2.02. The molecule has 6 heteroatoms. The summed E-state index contributed by atoms with van der Waals surface area (Å²) in [6, 6.07) is 3.79. The van der Waals surface area contributed by atoms with Gasteiger partial charge in [-0.05, 0) is 31.9 Å². The summed E-state index contributed by atoms with van der Waals surface area (Å²) >= 11 is 0. The van der Waals surface area contributed by atoms with Gasteiger partial charge in [0.2, 0.25) is 0 Å². The smallest absolute Gasteiger partial charge is 0.193 e. The van der Waals surface area contributed by atoms with Crippen LogP contribution in [0.3, 0.4) is 0 Å². The molecule has 0 atom stereocenters. The normalized spacial score (nSPS) is 11.1. The Morgan fingerprint density at radius 3 is 2.82 bits per heavy atom. The first-order chi connectivity index (χ1) is 10.3. The summed E-state index contributed by atoms with van der Waals surface area (Å²) in [6.45, 7) is 8.23. The van der Waals surface area contributed by atoms with Crippen LogP contribution in [0.5, 0.6) is 0 Å². The molecule has 0 aliphatic carbocycles. The van der Waals surface area contributed by atoms with Gasteiger partial charge < -0.3 is 19.4 Å². The van der Waals surface area contributed by atoms with Crippen molar-refractivity contribution >= 4 is 29.9 Å². The molecule has 22 heavy (non-hydrogen) atoms. The van der Waals surface area contributed by atoms with Crippen molar-refractivity contribution in [3.63, 3.8) is 0 Å². The molecule has 1 rings (SSSR count). The molecule has 5 nitrogen and oxygen atoms in total. The summed E-state index contributed by atoms with van der Waals surface area (Å²) in [5.74, 6) is 1.85. The Kier molecular flexibility index (Phi) is 13.4. The number of rotatable bonds is 10. The van der Waals surface area contributed by atoms with Gasteiger partial charge in [0.25, 0.3) is 0 Å². The van der Waals surface area contributed by atoms with Gasteiger partial charge in [0.1, 0.15) is 12.4 Å². The van der Waals surface area contributed by atoms with Gasteiger partial charge >= 0.3 is 0 Å². The fraction of sp³-hybridized carbons (Fsp3) is 0.688. The molecule has 1 aromatic heterocycles. The Balaban J connectivity index is 0.00000441. The van der Waals surface area contributed by atoms with Gasteiger partial charge in [-0.3, -0.25) is 4.99 Å². The minimum Gasteiger partial charge on any atom is -0.467 e. The fourth-order valence-corrected chi connectivity index (χ4v) is 1.89. The molecule has 1 N–H and O–H groups in total. The average molecular weight is 423 g/mol. The van der Waals surface area contributed by atoms with Gasteiger partial charge in [0, 0.05) is 33.3 Å². The fourth-order valence-electron chi connectivity index (χ4n) is 1.89. The third-order valence-corrected chi connectivity index (χ3v) is 3.08. The zero-order valence-corrected chi connectivity index (χ0v) is 16.3. The summed E-state index contributed by atoms with van der Waals surface area (Å²) in [5, 5.41) is 3.32. The minimum absolute atomic E-state index is 0. The van der Waals surface area contributed by atoms with Crippen molar-refractivity contribution in [2.45, 2.75) is 39.7 Å². The average Bonchev–Trinajstić information content (AvgIpc) is 3.00. The van der Waals surface area contributed by atoms with E-state index >= 15 is 0 Å². The molecule has 0 spiro atoms. The quantitative estimate of drug-likeness (QED) is 0.271. The molecule has 0 unspecified atom stereocenters. The van der Waals surface area contributed by atoms with Crippen LogP contribution in [0, 0.1) is 0 Å². The Morgan fingerprint density at radius 2 is 2.18 bits per heavy atom. The number of ether oxygens (including phenoxy) is 1. The molecule has 1 aromatic rings. The number of hydrogen-bond acceptors (Lipinski definition) is 3. The Bertz CT molecular complexity index is 383. The van der Waals surface area contributed by atoms with E-state index in [4.69, 9.17) is 9.15 Å². The third-order valence-electron chi connectivity index (χ3n) is 3.08. The predicted molar refractivity (Wildman–Crippen MR) is 102 cm³/mol. The molecule has 0 bridgehead atoms. The molecule has 1 heterocycles. The van der Waals surface area contributed by atoms with Crippen LogP contribution < -0.4 is 5.32 Å². The van der Waals surface area contributed by atoms with E-state index in [-0.39, 0.29) is 24.0 Å². The van der Waals surface area contributed by atoms with Crippen LogP contribution in [0.25, 0.3) is 0 Å². The lowest BCUT2D eigenvalue weighted by Gasteiger charge is -2.21. The number of nitrogens with one attached hydrogen (secondary N) is 1. The summed E-state index contributed by atoms with van der Waals surface area (Å²) in [6.07, 6.45) is 4.96. The molecule has 0 saturated heterocycles. The van der Waals surface area contributed by atoms with Crippen LogP contribution in [-0.4, -0.2) is 44.1 Å². The zero-order chi connectivity index (χ0) is 15.3. The number of guanidine groups is 1. The first-order valence-electron chi connectivity index (χ1n) is 7.87. The van der Waals surface area contributed by atoms with Gasteiger partial charge in [-0.1, -0.05) is 13.3 Å². The molecule has 0 fully saturated rings. The van der Waals surface area contributed by atoms with Gasteiger partial charge in [-0.15, -0.1) is 24.0 Å². The molecular formula is C16H30IN3O2. The number of hydrogen-bond donors (Lipinski definition) is 1. The first kappa shape index (κ1) is 21.2. The van der Waals surface area contributed by atoms with Crippen molar-refractivity contribution in [2.75, 3.05) is 33.3 Å². The minimum atomic E-state index is 0. The van der Waals surface area contributed by atoms with Gasteiger partial charge in [-0.2, -0.15) is 0 Å². The molecule has 0 aromatic carbocycles. The second-order valence-corrected chi connectivity index (χ2v) is 5.00. The SMILES string of the molecule is CCCCN(C)C(=NCCCOCc1ccco1)NCC.I. The summed E-state index contributed by atoms with van der Waals surface area (Å²) < 4.78 is 10.8. The van der Waals surface area contributed by atoms with E-state index in [1.165, 1.54) is 12.8 Å². The van der Waals surface area contributed by atoms with Crippen molar-refractivity contribution in [2.24, 2.45) is 4.99 Å². The maximum atomic E-state index is 5.55. The van der Waals surface area contributed by atoms with E-state index < -0.39 is 0 Å². The summed E-state index contributed by atoms with van der Waals surface area (Å²) in [5.41, 5.74) is 0. The van der Waals surface area contributed by atoms with E-state index in [1.807, 2.05) is 12.1 Å². The Labute approximate surface area is 151 Å². The van der Waals surface area contributed by atoms with E-state index in [2.05, 4.69) is 36.1 Å². The molecule has 0 saturated carbocycles. The molecule has 0 aliphatic heterocycles. The first-order valence-corrected chi connectivity index (χ1v) is 7.87. The van der Waals surface area contributed by atoms with Crippen molar-refractivity contribution in [3.8, 4) is 0 Å². The van der Waals surface area contributed by atoms with Crippen molar-refractivity contribution in [3.05, 3.63) is 24.2 Å². The largest absolute Gasteiger partial charge is 0.467 e. The maximum absolute atomic E-state index is 5.55. The highest BCUT2D eigenvalue weighted by atomic mass is 127. The predicted octanol–water partition coefficient (Wildman–Crippen LogP) is 3.50. The lowest BCUT2D eigenvalue weighted by Crippen LogP contribution is -2.39. The molecular weight excluding hydrogens is 393 g/mol.